The maximum absolute atomic E-state index is 4.23. The SMILES string of the molecule is CCCNC(c1cc(C)nnc1C)C1CC1. The fraction of sp³-hybridized carbons (Fsp3) is 0.692. The number of hydrogen-bond donors (Lipinski definition) is 1. The van der Waals surface area contributed by atoms with Gasteiger partial charge in [0.1, 0.15) is 0 Å². The van der Waals surface area contributed by atoms with Gasteiger partial charge in [-0.05, 0) is 57.2 Å². The Morgan fingerprint density at radius 3 is 2.75 bits per heavy atom. The zero-order valence-electron chi connectivity index (χ0n) is 10.5. The predicted octanol–water partition coefficient (Wildman–Crippen LogP) is 2.54. The van der Waals surface area contributed by atoms with Gasteiger partial charge in [0.25, 0.3) is 0 Å². The van der Waals surface area contributed by atoms with E-state index in [2.05, 4.69) is 35.4 Å². The summed E-state index contributed by atoms with van der Waals surface area (Å²) in [6, 6.07) is 2.68. The van der Waals surface area contributed by atoms with Crippen molar-refractivity contribution in [1.29, 1.82) is 0 Å². The number of aromatic nitrogens is 2. The summed E-state index contributed by atoms with van der Waals surface area (Å²) in [7, 11) is 0. The molecule has 0 aliphatic heterocycles. The van der Waals surface area contributed by atoms with Crippen LogP contribution in [0.15, 0.2) is 6.07 Å². The van der Waals surface area contributed by atoms with Crippen LogP contribution in [0.2, 0.25) is 0 Å². The maximum atomic E-state index is 4.23. The summed E-state index contributed by atoms with van der Waals surface area (Å²) in [6.45, 7) is 7.37. The second-order valence-electron chi connectivity index (χ2n) is 4.80. The Morgan fingerprint density at radius 2 is 2.12 bits per heavy atom. The molecular weight excluding hydrogens is 198 g/mol. The van der Waals surface area contributed by atoms with E-state index >= 15 is 0 Å². The third-order valence-corrected chi connectivity index (χ3v) is 3.18. The van der Waals surface area contributed by atoms with Crippen LogP contribution in [0, 0.1) is 19.8 Å². The molecule has 0 saturated heterocycles. The summed E-state index contributed by atoms with van der Waals surface area (Å²) in [5.74, 6) is 0.814. The van der Waals surface area contributed by atoms with Gasteiger partial charge in [-0.2, -0.15) is 10.2 Å². The van der Waals surface area contributed by atoms with E-state index in [4.69, 9.17) is 0 Å². The van der Waals surface area contributed by atoms with Gasteiger partial charge in [0.15, 0.2) is 0 Å². The Hall–Kier alpha value is -0.960. The molecule has 0 spiro atoms. The van der Waals surface area contributed by atoms with Crippen molar-refractivity contribution < 1.29 is 0 Å². The lowest BCUT2D eigenvalue weighted by atomic mass is 10.0. The summed E-state index contributed by atoms with van der Waals surface area (Å²) in [6.07, 6.45) is 3.88. The molecule has 3 heteroatoms. The summed E-state index contributed by atoms with van der Waals surface area (Å²) in [5.41, 5.74) is 3.44. The molecule has 1 heterocycles. The summed E-state index contributed by atoms with van der Waals surface area (Å²) in [4.78, 5) is 0. The lowest BCUT2D eigenvalue weighted by Gasteiger charge is -2.20. The van der Waals surface area contributed by atoms with E-state index in [1.165, 1.54) is 24.8 Å². The molecule has 1 unspecified atom stereocenters. The molecule has 1 N–H and O–H groups in total. The fourth-order valence-corrected chi connectivity index (χ4v) is 2.14. The van der Waals surface area contributed by atoms with Gasteiger partial charge >= 0.3 is 0 Å². The molecule has 1 aromatic heterocycles. The largest absolute Gasteiger partial charge is 0.310 e. The van der Waals surface area contributed by atoms with Crippen molar-refractivity contribution in [2.75, 3.05) is 6.54 Å². The van der Waals surface area contributed by atoms with Crippen molar-refractivity contribution in [3.63, 3.8) is 0 Å². The van der Waals surface area contributed by atoms with E-state index < -0.39 is 0 Å². The summed E-state index contributed by atoms with van der Waals surface area (Å²) >= 11 is 0. The molecule has 1 fully saturated rings. The van der Waals surface area contributed by atoms with Gasteiger partial charge in [0.2, 0.25) is 0 Å². The molecule has 3 nitrogen and oxygen atoms in total. The second kappa shape index (κ2) is 4.91. The van der Waals surface area contributed by atoms with Gasteiger partial charge < -0.3 is 5.32 Å². The summed E-state index contributed by atoms with van der Waals surface area (Å²) < 4.78 is 0. The van der Waals surface area contributed by atoms with E-state index in [1.807, 2.05) is 6.92 Å². The molecule has 1 aliphatic rings. The van der Waals surface area contributed by atoms with Crippen LogP contribution in [-0.2, 0) is 0 Å². The average Bonchev–Trinajstić information content (AvgIpc) is 3.08. The van der Waals surface area contributed by atoms with E-state index in [-0.39, 0.29) is 0 Å². The minimum Gasteiger partial charge on any atom is -0.310 e. The maximum Gasteiger partial charge on any atom is 0.0648 e. The van der Waals surface area contributed by atoms with E-state index in [1.54, 1.807) is 0 Å². The molecule has 1 aromatic rings. The van der Waals surface area contributed by atoms with Crippen molar-refractivity contribution >= 4 is 0 Å². The Bertz CT molecular complexity index is 358. The van der Waals surface area contributed by atoms with Gasteiger partial charge in [0.05, 0.1) is 11.4 Å². The van der Waals surface area contributed by atoms with Crippen LogP contribution in [0.25, 0.3) is 0 Å². The van der Waals surface area contributed by atoms with E-state index in [0.29, 0.717) is 6.04 Å². The van der Waals surface area contributed by atoms with Crippen molar-refractivity contribution in [1.82, 2.24) is 15.5 Å². The Kier molecular flexibility index (Phi) is 3.54. The van der Waals surface area contributed by atoms with Crippen molar-refractivity contribution in [2.45, 2.75) is 46.1 Å². The summed E-state index contributed by atoms with van der Waals surface area (Å²) in [5, 5.41) is 12.0. The smallest absolute Gasteiger partial charge is 0.0648 e. The minimum atomic E-state index is 0.495. The van der Waals surface area contributed by atoms with E-state index in [9.17, 15) is 0 Å². The zero-order chi connectivity index (χ0) is 11.5. The lowest BCUT2D eigenvalue weighted by molar-refractivity contribution is 0.476. The molecule has 1 aliphatic carbocycles. The average molecular weight is 219 g/mol. The lowest BCUT2D eigenvalue weighted by Crippen LogP contribution is -2.25. The molecule has 2 rings (SSSR count). The van der Waals surface area contributed by atoms with Gasteiger partial charge in [-0.25, -0.2) is 0 Å². The number of nitrogens with zero attached hydrogens (tertiary/aromatic N) is 2. The number of aryl methyl sites for hydroxylation is 2. The topological polar surface area (TPSA) is 37.8 Å². The molecule has 88 valence electrons. The highest BCUT2D eigenvalue weighted by Crippen LogP contribution is 2.41. The van der Waals surface area contributed by atoms with Crippen molar-refractivity contribution in [2.24, 2.45) is 5.92 Å². The van der Waals surface area contributed by atoms with Crippen LogP contribution >= 0.6 is 0 Å². The first kappa shape index (κ1) is 11.5. The van der Waals surface area contributed by atoms with Gasteiger partial charge in [-0.3, -0.25) is 0 Å². The van der Waals surface area contributed by atoms with Gasteiger partial charge in [-0.15, -0.1) is 0 Å². The number of nitrogens with one attached hydrogen (secondary N) is 1. The van der Waals surface area contributed by atoms with Crippen LogP contribution in [-0.4, -0.2) is 16.7 Å². The molecule has 1 saturated carbocycles. The first-order valence-corrected chi connectivity index (χ1v) is 6.26. The first-order chi connectivity index (χ1) is 7.72. The van der Waals surface area contributed by atoms with Crippen molar-refractivity contribution in [3.05, 3.63) is 23.0 Å². The Labute approximate surface area is 97.7 Å². The van der Waals surface area contributed by atoms with Crippen molar-refractivity contribution in [3.8, 4) is 0 Å². The zero-order valence-corrected chi connectivity index (χ0v) is 10.5. The molecule has 0 aromatic carbocycles. The minimum absolute atomic E-state index is 0.495. The quantitative estimate of drug-likeness (QED) is 0.827. The third-order valence-electron chi connectivity index (χ3n) is 3.18. The molecule has 16 heavy (non-hydrogen) atoms. The second-order valence-corrected chi connectivity index (χ2v) is 4.80. The van der Waals surface area contributed by atoms with Gasteiger partial charge in [0, 0.05) is 6.04 Å². The highest BCUT2D eigenvalue weighted by atomic mass is 15.1. The highest BCUT2D eigenvalue weighted by Gasteiger charge is 2.33. The predicted molar refractivity (Wildman–Crippen MR) is 65.3 cm³/mol. The standard InChI is InChI=1S/C13H21N3/c1-4-7-14-13(11-5-6-11)12-8-9(2)15-16-10(12)3/h8,11,13-14H,4-7H2,1-3H3. The third kappa shape index (κ3) is 2.59. The molecular formula is C13H21N3. The number of rotatable bonds is 5. The highest BCUT2D eigenvalue weighted by molar-refractivity contribution is 5.25. The van der Waals surface area contributed by atoms with Gasteiger partial charge in [-0.1, -0.05) is 6.92 Å². The van der Waals surface area contributed by atoms with Crippen LogP contribution < -0.4 is 5.32 Å². The van der Waals surface area contributed by atoms with E-state index in [0.717, 1.165) is 23.9 Å². The number of hydrogen-bond acceptors (Lipinski definition) is 3. The molecule has 0 bridgehead atoms. The van der Waals surface area contributed by atoms with Crippen LogP contribution in [0.3, 0.4) is 0 Å². The fourth-order valence-electron chi connectivity index (χ4n) is 2.14. The van der Waals surface area contributed by atoms with Crippen LogP contribution in [0.5, 0.6) is 0 Å². The van der Waals surface area contributed by atoms with Crippen LogP contribution in [0.4, 0.5) is 0 Å². The Balaban J connectivity index is 2.19. The normalized spacial score (nSPS) is 17.4. The van der Waals surface area contributed by atoms with Crippen LogP contribution in [0.1, 0.15) is 49.2 Å². The first-order valence-electron chi connectivity index (χ1n) is 6.26. The molecule has 0 amide bonds. The molecule has 1 atom stereocenters. The monoisotopic (exact) mass is 219 g/mol. The Morgan fingerprint density at radius 1 is 1.38 bits per heavy atom. The molecule has 0 radical (unpaired) electrons.